The first-order valence-corrected chi connectivity index (χ1v) is 18.2. The standard InChI is InChI=1S/C38H43F3N8O2/c1-3-30(50)49-20-37(21-49)9-13-47(14-10-37)35-27-15-26(25-6-7-25)32(31-23(2)5-8-29-28(31)16-42-45-29)34(51-22-38(39,40)41)33(27)43-36(44-35)48-18-24(19-48)17-46-11-4-12-46/h3,5,8,15-16,24-25H,1,4,6-7,9-14,17-22H2,2H3,(H,42,45). The summed E-state index contributed by atoms with van der Waals surface area (Å²) in [5.41, 5.74) is 4.69. The number of fused-ring (bicyclic) bond motifs is 2. The number of H-pyrrole nitrogens is 1. The monoisotopic (exact) mass is 700 g/mol. The highest BCUT2D eigenvalue weighted by Crippen LogP contribution is 2.53. The lowest BCUT2D eigenvalue weighted by Crippen LogP contribution is -2.61. The number of benzene rings is 2. The predicted octanol–water partition coefficient (Wildman–Crippen LogP) is 6.06. The number of ether oxygens (including phenoxy) is 1. The molecule has 0 unspecified atom stereocenters. The van der Waals surface area contributed by atoms with Crippen molar-refractivity contribution in [2.75, 3.05) is 75.3 Å². The van der Waals surface area contributed by atoms with E-state index >= 15 is 0 Å². The molecule has 0 atom stereocenters. The molecular formula is C38H43F3N8O2. The average Bonchev–Trinajstić information content (AvgIpc) is 3.79. The Hall–Kier alpha value is -4.39. The number of hydrogen-bond acceptors (Lipinski definition) is 8. The maximum Gasteiger partial charge on any atom is 0.422 e. The number of amides is 1. The van der Waals surface area contributed by atoms with Gasteiger partial charge in [-0.1, -0.05) is 12.6 Å². The number of piperidine rings is 1. The topological polar surface area (TPSA) is 93.7 Å². The van der Waals surface area contributed by atoms with Crippen LogP contribution >= 0.6 is 0 Å². The number of alkyl halides is 3. The Morgan fingerprint density at radius 3 is 2.49 bits per heavy atom. The van der Waals surface area contributed by atoms with E-state index < -0.39 is 12.8 Å². The van der Waals surface area contributed by atoms with Gasteiger partial charge in [-0.15, -0.1) is 0 Å². The summed E-state index contributed by atoms with van der Waals surface area (Å²) in [5.74, 6) is 2.10. The van der Waals surface area contributed by atoms with E-state index in [1.165, 1.54) is 12.5 Å². The molecule has 1 saturated carbocycles. The smallest absolute Gasteiger partial charge is 0.422 e. The van der Waals surface area contributed by atoms with Gasteiger partial charge in [-0.2, -0.15) is 23.3 Å². The first-order valence-electron chi connectivity index (χ1n) is 18.2. The third kappa shape index (κ3) is 5.87. The highest BCUT2D eigenvalue weighted by atomic mass is 19.4. The number of aryl methyl sites for hydroxylation is 1. The first kappa shape index (κ1) is 32.5. The van der Waals surface area contributed by atoms with E-state index in [1.54, 1.807) is 6.20 Å². The SMILES string of the molecule is C=CC(=O)N1CC2(CCN(c3nc(N4CC(CN5CCC5)C4)nc4c(OCC(F)(F)F)c(-c5c(C)ccc6[nH]ncc56)c(C5CC5)cc34)CC2)C1. The molecule has 13 heteroatoms. The minimum atomic E-state index is -4.54. The number of nitrogens with zero attached hydrogens (tertiary/aromatic N) is 7. The number of carbonyl (C=O) groups excluding carboxylic acids is 1. The second kappa shape index (κ2) is 12.1. The van der Waals surface area contributed by atoms with Gasteiger partial charge in [0.05, 0.1) is 11.7 Å². The quantitative estimate of drug-likeness (QED) is 0.211. The third-order valence-corrected chi connectivity index (χ3v) is 11.8. The molecule has 0 bridgehead atoms. The van der Waals surface area contributed by atoms with Gasteiger partial charge >= 0.3 is 6.18 Å². The van der Waals surface area contributed by atoms with Crippen molar-refractivity contribution in [1.82, 2.24) is 30.0 Å². The number of anilines is 2. The largest absolute Gasteiger partial charge is 0.481 e. The van der Waals surface area contributed by atoms with E-state index in [-0.39, 0.29) is 23.0 Å². The van der Waals surface area contributed by atoms with Gasteiger partial charge in [0.25, 0.3) is 0 Å². The summed E-state index contributed by atoms with van der Waals surface area (Å²) in [4.78, 5) is 31.3. The maximum atomic E-state index is 14.0. The molecule has 4 aliphatic heterocycles. The van der Waals surface area contributed by atoms with Gasteiger partial charge in [0.2, 0.25) is 11.9 Å². The molecule has 1 N–H and O–H groups in total. The van der Waals surface area contributed by atoms with Gasteiger partial charge in [-0.05, 0) is 92.9 Å². The van der Waals surface area contributed by atoms with Crippen LogP contribution in [0.4, 0.5) is 24.9 Å². The normalized spacial score (nSPS) is 20.8. The second-order valence-corrected chi connectivity index (χ2v) is 15.5. The van der Waals surface area contributed by atoms with E-state index in [0.29, 0.717) is 22.9 Å². The van der Waals surface area contributed by atoms with E-state index in [2.05, 4.69) is 37.5 Å². The van der Waals surface area contributed by atoms with Crippen LogP contribution in [0.15, 0.2) is 37.1 Å². The fourth-order valence-corrected chi connectivity index (χ4v) is 8.67. The second-order valence-electron chi connectivity index (χ2n) is 15.5. The molecule has 1 aliphatic carbocycles. The minimum absolute atomic E-state index is 0.0346. The molecule has 1 amide bonds. The number of aromatic nitrogens is 4. The highest BCUT2D eigenvalue weighted by molar-refractivity contribution is 6.06. The summed E-state index contributed by atoms with van der Waals surface area (Å²) < 4.78 is 48.1. The van der Waals surface area contributed by atoms with Crippen molar-refractivity contribution in [2.24, 2.45) is 11.3 Å². The lowest BCUT2D eigenvalue weighted by molar-refractivity contribution is -0.153. The Morgan fingerprint density at radius 2 is 1.82 bits per heavy atom. The van der Waals surface area contributed by atoms with Crippen molar-refractivity contribution in [3.05, 3.63) is 48.2 Å². The Morgan fingerprint density at radius 1 is 1.06 bits per heavy atom. The number of aromatic amines is 1. The fourth-order valence-electron chi connectivity index (χ4n) is 8.67. The van der Waals surface area contributed by atoms with Crippen LogP contribution in [0.1, 0.15) is 49.1 Å². The molecule has 268 valence electrons. The molecule has 2 aromatic heterocycles. The van der Waals surface area contributed by atoms with Crippen LogP contribution in [-0.4, -0.2) is 108 Å². The lowest BCUT2D eigenvalue weighted by atomic mass is 9.72. The molecule has 5 aliphatic rings. The van der Waals surface area contributed by atoms with Crippen molar-refractivity contribution < 1.29 is 22.7 Å². The van der Waals surface area contributed by atoms with Crippen molar-refractivity contribution in [1.29, 1.82) is 0 Å². The zero-order valence-corrected chi connectivity index (χ0v) is 28.9. The van der Waals surface area contributed by atoms with Gasteiger partial charge in [-0.25, -0.2) is 4.98 Å². The van der Waals surface area contributed by atoms with E-state index in [9.17, 15) is 18.0 Å². The summed E-state index contributed by atoms with van der Waals surface area (Å²) in [6.07, 6.45) is 3.50. The van der Waals surface area contributed by atoms with Crippen LogP contribution in [-0.2, 0) is 4.79 Å². The van der Waals surface area contributed by atoms with Gasteiger partial charge in [0.1, 0.15) is 11.3 Å². The molecule has 6 heterocycles. The van der Waals surface area contributed by atoms with Crippen LogP contribution in [0.2, 0.25) is 0 Å². The summed E-state index contributed by atoms with van der Waals surface area (Å²) >= 11 is 0. The van der Waals surface area contributed by atoms with Crippen LogP contribution < -0.4 is 14.5 Å². The van der Waals surface area contributed by atoms with E-state index in [4.69, 9.17) is 14.7 Å². The third-order valence-electron chi connectivity index (χ3n) is 11.8. The summed E-state index contributed by atoms with van der Waals surface area (Å²) in [6, 6.07) is 6.07. The van der Waals surface area contributed by atoms with Crippen molar-refractivity contribution in [3.8, 4) is 16.9 Å². The Bertz CT molecular complexity index is 2020. The number of halogens is 3. The Balaban J connectivity index is 1.18. The molecule has 4 saturated heterocycles. The highest BCUT2D eigenvalue weighted by Gasteiger charge is 2.47. The molecule has 1 spiro atoms. The van der Waals surface area contributed by atoms with Gasteiger partial charge in [0.15, 0.2) is 12.4 Å². The molecule has 9 rings (SSSR count). The van der Waals surface area contributed by atoms with Crippen molar-refractivity contribution in [2.45, 2.75) is 51.1 Å². The average molecular weight is 701 g/mol. The maximum absolute atomic E-state index is 14.0. The number of nitrogens with one attached hydrogen (secondary N) is 1. The molecule has 0 radical (unpaired) electrons. The molecule has 51 heavy (non-hydrogen) atoms. The zero-order chi connectivity index (χ0) is 35.1. The van der Waals surface area contributed by atoms with Gasteiger partial charge in [0, 0.05) is 73.5 Å². The van der Waals surface area contributed by atoms with Gasteiger partial charge in [-0.3, -0.25) is 9.89 Å². The zero-order valence-electron chi connectivity index (χ0n) is 28.9. The fraction of sp³-hybridized carbons (Fsp3) is 0.526. The van der Waals surface area contributed by atoms with Crippen molar-refractivity contribution in [3.63, 3.8) is 0 Å². The number of likely N-dealkylation sites (tertiary alicyclic amines) is 2. The molecular weight excluding hydrogens is 657 g/mol. The minimum Gasteiger partial charge on any atom is -0.481 e. The Kier molecular flexibility index (Phi) is 7.71. The van der Waals surface area contributed by atoms with Gasteiger partial charge < -0.3 is 24.3 Å². The molecule has 10 nitrogen and oxygen atoms in total. The lowest BCUT2D eigenvalue weighted by Gasteiger charge is -2.54. The number of carbonyl (C=O) groups is 1. The molecule has 4 aromatic rings. The number of rotatable bonds is 9. The van der Waals surface area contributed by atoms with Crippen LogP contribution in [0.5, 0.6) is 5.75 Å². The predicted molar refractivity (Wildman–Crippen MR) is 190 cm³/mol. The summed E-state index contributed by atoms with van der Waals surface area (Å²) in [7, 11) is 0. The van der Waals surface area contributed by atoms with Crippen molar-refractivity contribution >= 4 is 39.5 Å². The summed E-state index contributed by atoms with van der Waals surface area (Å²) in [6.45, 7) is 12.0. The Labute approximate surface area is 294 Å². The molecule has 2 aromatic carbocycles. The molecule has 5 fully saturated rings. The van der Waals surface area contributed by atoms with Crippen LogP contribution in [0, 0.1) is 18.3 Å². The number of hydrogen-bond donors (Lipinski definition) is 1. The van der Waals surface area contributed by atoms with E-state index in [1.807, 2.05) is 24.0 Å². The summed E-state index contributed by atoms with van der Waals surface area (Å²) in [5, 5.41) is 8.90. The van der Waals surface area contributed by atoms with Crippen LogP contribution in [0.3, 0.4) is 0 Å². The van der Waals surface area contributed by atoms with Crippen LogP contribution in [0.25, 0.3) is 32.9 Å². The first-order chi connectivity index (χ1) is 24.6. The van der Waals surface area contributed by atoms with E-state index in [0.717, 1.165) is 123 Å².